The molecule has 0 radical (unpaired) electrons. The van der Waals surface area contributed by atoms with Gasteiger partial charge in [-0.05, 0) is 24.6 Å². The van der Waals surface area contributed by atoms with Crippen molar-refractivity contribution in [3.63, 3.8) is 0 Å². The van der Waals surface area contributed by atoms with Crippen molar-refractivity contribution in [2.45, 2.75) is 19.1 Å². The predicted molar refractivity (Wildman–Crippen MR) is 56.6 cm³/mol. The molecule has 16 heavy (non-hydrogen) atoms. The first-order valence-electron chi connectivity index (χ1n) is 4.91. The molecule has 1 rings (SSSR count). The van der Waals surface area contributed by atoms with Gasteiger partial charge in [-0.25, -0.2) is 9.18 Å². The Labute approximate surface area is 92.8 Å². The summed E-state index contributed by atoms with van der Waals surface area (Å²) in [4.78, 5) is 11.1. The number of alkyl halides is 1. The largest absolute Gasteiger partial charge is 0.508 e. The second kappa shape index (κ2) is 5.46. The first kappa shape index (κ1) is 12.4. The van der Waals surface area contributed by atoms with Crippen molar-refractivity contribution in [1.29, 1.82) is 0 Å². The monoisotopic (exact) mass is 227 g/mol. The zero-order valence-electron chi connectivity index (χ0n) is 8.89. The van der Waals surface area contributed by atoms with E-state index in [-0.39, 0.29) is 12.4 Å². The van der Waals surface area contributed by atoms with Crippen LogP contribution >= 0.6 is 0 Å². The van der Waals surface area contributed by atoms with Gasteiger partial charge in [0.1, 0.15) is 5.75 Å². The summed E-state index contributed by atoms with van der Waals surface area (Å²) in [7, 11) is 0. The minimum atomic E-state index is -1.93. The summed E-state index contributed by atoms with van der Waals surface area (Å²) in [5.74, 6) is -1.01. The van der Waals surface area contributed by atoms with Crippen LogP contribution in [0.25, 0.3) is 0 Å². The summed E-state index contributed by atoms with van der Waals surface area (Å²) in [5, 5.41) is 9.19. The Morgan fingerprint density at radius 2 is 2.31 bits per heavy atom. The molecule has 0 aromatic heterocycles. The Kier molecular flexibility index (Phi) is 4.25. The third-order valence-corrected chi connectivity index (χ3v) is 2.08. The van der Waals surface area contributed by atoms with Crippen molar-refractivity contribution in [2.75, 3.05) is 6.61 Å². The molecule has 3 N–H and O–H groups in total. The first-order valence-corrected chi connectivity index (χ1v) is 4.91. The summed E-state index contributed by atoms with van der Waals surface area (Å²) < 4.78 is 18.0. The lowest BCUT2D eigenvalue weighted by Gasteiger charge is -2.15. The maximum Gasteiger partial charge on any atom is 0.342 e. The van der Waals surface area contributed by atoms with Crippen molar-refractivity contribution in [1.82, 2.24) is 0 Å². The van der Waals surface area contributed by atoms with Crippen LogP contribution in [0.4, 0.5) is 4.39 Å². The average Bonchev–Trinajstić information content (AvgIpc) is 2.27. The fraction of sp³-hybridized carbons (Fsp3) is 0.364. The molecule has 0 heterocycles. The van der Waals surface area contributed by atoms with Gasteiger partial charge in [0.25, 0.3) is 0 Å². The van der Waals surface area contributed by atoms with Gasteiger partial charge < -0.3 is 15.6 Å². The number of aromatic hydroxyl groups is 1. The molecule has 0 saturated heterocycles. The lowest BCUT2D eigenvalue weighted by molar-refractivity contribution is -0.149. The SMILES string of the molecule is CCOC(=O)C(F)[C@@H](N)c1cccc(O)c1. The zero-order chi connectivity index (χ0) is 12.1. The quantitative estimate of drug-likeness (QED) is 0.760. The van der Waals surface area contributed by atoms with Gasteiger partial charge in [0.15, 0.2) is 0 Å². The van der Waals surface area contributed by atoms with E-state index in [1.807, 2.05) is 0 Å². The number of rotatable bonds is 4. The Morgan fingerprint density at radius 1 is 1.62 bits per heavy atom. The molecule has 1 unspecified atom stereocenters. The molecule has 0 aliphatic rings. The lowest BCUT2D eigenvalue weighted by atomic mass is 10.0. The topological polar surface area (TPSA) is 72.5 Å². The highest BCUT2D eigenvalue weighted by atomic mass is 19.1. The van der Waals surface area contributed by atoms with Gasteiger partial charge in [-0.3, -0.25) is 0 Å². The Hall–Kier alpha value is -1.62. The number of ether oxygens (including phenoxy) is 1. The number of phenols is 1. The van der Waals surface area contributed by atoms with E-state index in [0.717, 1.165) is 0 Å². The number of carbonyl (C=O) groups is 1. The maximum absolute atomic E-state index is 13.5. The highest BCUT2D eigenvalue weighted by Gasteiger charge is 2.27. The van der Waals surface area contributed by atoms with Crippen LogP contribution in [0.2, 0.25) is 0 Å². The van der Waals surface area contributed by atoms with Crippen molar-refractivity contribution < 1.29 is 19.0 Å². The number of nitrogens with two attached hydrogens (primary N) is 1. The molecule has 0 aliphatic carbocycles. The van der Waals surface area contributed by atoms with Crippen molar-refractivity contribution in [3.8, 4) is 5.75 Å². The van der Waals surface area contributed by atoms with Crippen LogP contribution in [-0.4, -0.2) is 23.9 Å². The number of carbonyl (C=O) groups excluding carboxylic acids is 1. The molecule has 0 saturated carbocycles. The van der Waals surface area contributed by atoms with E-state index in [1.165, 1.54) is 24.3 Å². The lowest BCUT2D eigenvalue weighted by Crippen LogP contribution is -2.31. The van der Waals surface area contributed by atoms with Crippen LogP contribution in [0, 0.1) is 0 Å². The molecule has 5 heteroatoms. The molecule has 4 nitrogen and oxygen atoms in total. The predicted octanol–water partition coefficient (Wildman–Crippen LogP) is 1.29. The fourth-order valence-corrected chi connectivity index (χ4v) is 1.27. The molecule has 1 aromatic carbocycles. The molecule has 1 aromatic rings. The van der Waals surface area contributed by atoms with Gasteiger partial charge in [-0.15, -0.1) is 0 Å². The van der Waals surface area contributed by atoms with Gasteiger partial charge in [0, 0.05) is 0 Å². The highest BCUT2D eigenvalue weighted by molar-refractivity contribution is 5.75. The van der Waals surface area contributed by atoms with Gasteiger partial charge >= 0.3 is 5.97 Å². The van der Waals surface area contributed by atoms with E-state index < -0.39 is 18.2 Å². The van der Waals surface area contributed by atoms with E-state index >= 15 is 0 Å². The number of hydrogen-bond donors (Lipinski definition) is 2. The normalized spacial score (nSPS) is 14.2. The summed E-state index contributed by atoms with van der Waals surface area (Å²) in [5.41, 5.74) is 5.90. The van der Waals surface area contributed by atoms with E-state index in [4.69, 9.17) is 5.73 Å². The second-order valence-corrected chi connectivity index (χ2v) is 3.27. The highest BCUT2D eigenvalue weighted by Crippen LogP contribution is 2.21. The van der Waals surface area contributed by atoms with E-state index in [0.29, 0.717) is 5.56 Å². The van der Waals surface area contributed by atoms with Gasteiger partial charge in [0.05, 0.1) is 12.6 Å². The molecular weight excluding hydrogens is 213 g/mol. The molecule has 0 spiro atoms. The fourth-order valence-electron chi connectivity index (χ4n) is 1.27. The van der Waals surface area contributed by atoms with Crippen molar-refractivity contribution in [3.05, 3.63) is 29.8 Å². The number of phenolic OH excluding ortho intramolecular Hbond substituents is 1. The Balaban J connectivity index is 2.77. The molecule has 2 atom stereocenters. The third kappa shape index (κ3) is 2.93. The number of esters is 1. The van der Waals surface area contributed by atoms with Gasteiger partial charge in [-0.1, -0.05) is 12.1 Å². The van der Waals surface area contributed by atoms with Gasteiger partial charge in [0.2, 0.25) is 6.17 Å². The Bertz CT molecular complexity index is 370. The van der Waals surface area contributed by atoms with E-state index in [2.05, 4.69) is 4.74 Å². The molecule has 88 valence electrons. The number of benzene rings is 1. The van der Waals surface area contributed by atoms with Crippen LogP contribution in [0.3, 0.4) is 0 Å². The van der Waals surface area contributed by atoms with E-state index in [1.54, 1.807) is 6.92 Å². The molecule has 0 aliphatic heterocycles. The first-order chi connectivity index (χ1) is 7.56. The minimum Gasteiger partial charge on any atom is -0.508 e. The molecular formula is C11H14FNO3. The third-order valence-electron chi connectivity index (χ3n) is 2.08. The minimum absolute atomic E-state index is 0.0241. The van der Waals surface area contributed by atoms with E-state index in [9.17, 15) is 14.3 Å². The van der Waals surface area contributed by atoms with Crippen LogP contribution in [0.1, 0.15) is 18.5 Å². The molecule has 0 amide bonds. The average molecular weight is 227 g/mol. The second-order valence-electron chi connectivity index (χ2n) is 3.27. The zero-order valence-corrected chi connectivity index (χ0v) is 8.89. The Morgan fingerprint density at radius 3 is 2.88 bits per heavy atom. The summed E-state index contributed by atoms with van der Waals surface area (Å²) in [6.45, 7) is 1.69. The maximum atomic E-state index is 13.5. The summed E-state index contributed by atoms with van der Waals surface area (Å²) in [6, 6.07) is 4.69. The summed E-state index contributed by atoms with van der Waals surface area (Å²) >= 11 is 0. The van der Waals surface area contributed by atoms with Crippen LogP contribution in [-0.2, 0) is 9.53 Å². The smallest absolute Gasteiger partial charge is 0.342 e. The van der Waals surface area contributed by atoms with Gasteiger partial charge in [-0.2, -0.15) is 0 Å². The molecule has 0 fully saturated rings. The standard InChI is InChI=1S/C11H14FNO3/c1-2-16-11(15)9(12)10(13)7-4-3-5-8(14)6-7/h3-6,9-10,14H,2,13H2,1H3/t9?,10-/m0/s1. The number of hydrogen-bond acceptors (Lipinski definition) is 4. The number of halogens is 1. The molecule has 0 bridgehead atoms. The van der Waals surface area contributed by atoms with Crippen molar-refractivity contribution in [2.24, 2.45) is 5.73 Å². The van der Waals surface area contributed by atoms with Crippen LogP contribution in [0.5, 0.6) is 5.75 Å². The van der Waals surface area contributed by atoms with Crippen LogP contribution in [0.15, 0.2) is 24.3 Å². The van der Waals surface area contributed by atoms with Crippen molar-refractivity contribution >= 4 is 5.97 Å². The van der Waals surface area contributed by atoms with Crippen LogP contribution < -0.4 is 5.73 Å². The summed E-state index contributed by atoms with van der Waals surface area (Å²) in [6.07, 6.45) is -1.93.